The minimum Gasteiger partial charge on any atom is -0.379 e. The van der Waals surface area contributed by atoms with Crippen molar-refractivity contribution >= 4 is 5.78 Å². The van der Waals surface area contributed by atoms with Gasteiger partial charge >= 0.3 is 0 Å². The highest BCUT2D eigenvalue weighted by atomic mass is 16.5. The Kier molecular flexibility index (Phi) is 8.49. The van der Waals surface area contributed by atoms with E-state index in [0.717, 1.165) is 37.3 Å². The van der Waals surface area contributed by atoms with E-state index in [1.807, 2.05) is 0 Å². The quantitative estimate of drug-likeness (QED) is 0.538. The Bertz CT molecular complexity index is 186. The third kappa shape index (κ3) is 6.23. The number of Topliss-reactive ketones (excluding diaryl/α,β-unsaturated/α-hetero) is 1. The van der Waals surface area contributed by atoms with Gasteiger partial charge in [-0.1, -0.05) is 13.8 Å². The molecule has 0 atom stereocenters. The van der Waals surface area contributed by atoms with E-state index in [9.17, 15) is 4.79 Å². The fourth-order valence-corrected chi connectivity index (χ4v) is 2.30. The molecule has 0 spiro atoms. The predicted octanol–water partition coefficient (Wildman–Crippen LogP) is 2.25. The van der Waals surface area contributed by atoms with Gasteiger partial charge in [0.05, 0.1) is 32.7 Å². The van der Waals surface area contributed by atoms with Gasteiger partial charge in [0.1, 0.15) is 12.3 Å². The van der Waals surface area contributed by atoms with Gasteiger partial charge in [0.2, 0.25) is 0 Å². The molecule has 0 aromatic carbocycles. The van der Waals surface area contributed by atoms with Crippen molar-refractivity contribution in [1.82, 2.24) is 0 Å². The lowest BCUT2D eigenvalue weighted by Gasteiger charge is -2.38. The van der Waals surface area contributed by atoms with Crippen LogP contribution >= 0.6 is 0 Å². The third-order valence-electron chi connectivity index (χ3n) is 3.10. The van der Waals surface area contributed by atoms with Gasteiger partial charge in [-0.15, -0.1) is 0 Å². The predicted molar refractivity (Wildman–Crippen MR) is 67.5 cm³/mol. The van der Waals surface area contributed by atoms with Crippen molar-refractivity contribution in [2.45, 2.75) is 40.0 Å². The number of ketones is 1. The molecular formula is C13H28NO2+. The molecule has 0 heterocycles. The smallest absolute Gasteiger partial charge is 0.135 e. The number of rotatable bonds is 10. The molecule has 3 nitrogen and oxygen atoms in total. The second kappa shape index (κ2) is 8.71. The molecule has 0 aromatic heterocycles. The summed E-state index contributed by atoms with van der Waals surface area (Å²) in [5, 5.41) is 0. The number of nitrogens with zero attached hydrogens (tertiary/aromatic N) is 1. The van der Waals surface area contributed by atoms with Crippen LogP contribution < -0.4 is 0 Å². The second-order valence-corrected chi connectivity index (χ2v) is 4.68. The molecule has 0 amide bonds. The standard InChI is InChI=1S/C13H28NO2/c1-5-8-14(9-6-2,11-12-16-4)10-7-13(3)15/h5-12H2,1-4H3/q+1. The van der Waals surface area contributed by atoms with E-state index in [1.54, 1.807) is 14.0 Å². The Balaban J connectivity index is 4.42. The van der Waals surface area contributed by atoms with Gasteiger partial charge in [-0.05, 0) is 19.8 Å². The fraction of sp³-hybridized carbons (Fsp3) is 0.923. The lowest BCUT2D eigenvalue weighted by molar-refractivity contribution is -0.928. The molecule has 0 fully saturated rings. The maximum absolute atomic E-state index is 11.1. The largest absolute Gasteiger partial charge is 0.379 e. The Labute approximate surface area is 100 Å². The van der Waals surface area contributed by atoms with E-state index < -0.39 is 0 Å². The zero-order chi connectivity index (χ0) is 12.4. The summed E-state index contributed by atoms with van der Waals surface area (Å²) < 4.78 is 6.24. The number of ether oxygens (including phenoxy) is 1. The Morgan fingerprint density at radius 1 is 1.06 bits per heavy atom. The minimum atomic E-state index is 0.298. The first-order valence-electron chi connectivity index (χ1n) is 6.43. The van der Waals surface area contributed by atoms with E-state index in [0.29, 0.717) is 12.2 Å². The van der Waals surface area contributed by atoms with Crippen LogP contribution in [0.1, 0.15) is 40.0 Å². The molecule has 96 valence electrons. The topological polar surface area (TPSA) is 26.3 Å². The van der Waals surface area contributed by atoms with Gasteiger partial charge in [0.25, 0.3) is 0 Å². The van der Waals surface area contributed by atoms with E-state index in [4.69, 9.17) is 4.74 Å². The number of carbonyl (C=O) groups is 1. The summed E-state index contributed by atoms with van der Waals surface area (Å²) in [5.74, 6) is 0.298. The molecule has 0 N–H and O–H groups in total. The Morgan fingerprint density at radius 3 is 2.00 bits per heavy atom. The normalized spacial score (nSPS) is 11.8. The Morgan fingerprint density at radius 2 is 1.62 bits per heavy atom. The van der Waals surface area contributed by atoms with E-state index in [1.165, 1.54) is 12.8 Å². The summed E-state index contributed by atoms with van der Waals surface area (Å²) in [6.07, 6.45) is 3.03. The lowest BCUT2D eigenvalue weighted by atomic mass is 10.2. The van der Waals surface area contributed by atoms with Crippen LogP contribution in [0.25, 0.3) is 0 Å². The molecule has 16 heavy (non-hydrogen) atoms. The summed E-state index contributed by atoms with van der Waals surface area (Å²) in [6.45, 7) is 11.2. The number of carbonyl (C=O) groups excluding carboxylic acids is 1. The molecule has 0 saturated heterocycles. The maximum atomic E-state index is 11.1. The number of methoxy groups -OCH3 is 1. The third-order valence-corrected chi connectivity index (χ3v) is 3.10. The van der Waals surface area contributed by atoms with Crippen molar-refractivity contribution in [3.05, 3.63) is 0 Å². The number of hydrogen-bond acceptors (Lipinski definition) is 2. The first-order valence-corrected chi connectivity index (χ1v) is 6.43. The number of hydrogen-bond donors (Lipinski definition) is 0. The molecule has 0 bridgehead atoms. The molecule has 0 aliphatic heterocycles. The van der Waals surface area contributed by atoms with Crippen molar-refractivity contribution in [3.8, 4) is 0 Å². The highest BCUT2D eigenvalue weighted by molar-refractivity contribution is 5.75. The van der Waals surface area contributed by atoms with E-state index in [2.05, 4.69) is 13.8 Å². The first kappa shape index (κ1) is 15.6. The summed E-state index contributed by atoms with van der Waals surface area (Å²) in [6, 6.07) is 0. The molecule has 0 aliphatic rings. The zero-order valence-electron chi connectivity index (χ0n) is 11.4. The van der Waals surface area contributed by atoms with Crippen LogP contribution in [-0.4, -0.2) is 50.2 Å². The zero-order valence-corrected chi connectivity index (χ0v) is 11.4. The molecule has 0 unspecified atom stereocenters. The fourth-order valence-electron chi connectivity index (χ4n) is 2.30. The highest BCUT2D eigenvalue weighted by Crippen LogP contribution is 2.11. The molecule has 0 aromatic rings. The number of quaternary nitrogens is 1. The van der Waals surface area contributed by atoms with Gasteiger partial charge in [0.15, 0.2) is 0 Å². The van der Waals surface area contributed by atoms with Crippen molar-refractivity contribution in [2.24, 2.45) is 0 Å². The maximum Gasteiger partial charge on any atom is 0.135 e. The van der Waals surface area contributed by atoms with E-state index in [-0.39, 0.29) is 0 Å². The summed E-state index contributed by atoms with van der Waals surface area (Å²) >= 11 is 0. The molecule has 3 heteroatoms. The SMILES string of the molecule is CCC[N+](CCC)(CCOC)CCC(C)=O. The highest BCUT2D eigenvalue weighted by Gasteiger charge is 2.25. The molecular weight excluding hydrogens is 202 g/mol. The lowest BCUT2D eigenvalue weighted by Crippen LogP contribution is -2.52. The summed E-state index contributed by atoms with van der Waals surface area (Å²) in [7, 11) is 1.75. The van der Waals surface area contributed by atoms with Crippen molar-refractivity contribution in [2.75, 3.05) is 39.9 Å². The van der Waals surface area contributed by atoms with Crippen molar-refractivity contribution in [1.29, 1.82) is 0 Å². The van der Waals surface area contributed by atoms with Crippen LogP contribution in [-0.2, 0) is 9.53 Å². The second-order valence-electron chi connectivity index (χ2n) is 4.68. The van der Waals surface area contributed by atoms with Gasteiger partial charge in [-0.3, -0.25) is 4.79 Å². The summed E-state index contributed by atoms with van der Waals surface area (Å²) in [4.78, 5) is 11.1. The van der Waals surface area contributed by atoms with E-state index >= 15 is 0 Å². The van der Waals surface area contributed by atoms with Gasteiger partial charge in [0, 0.05) is 7.11 Å². The van der Waals surface area contributed by atoms with Crippen LogP contribution in [0.15, 0.2) is 0 Å². The van der Waals surface area contributed by atoms with Crippen LogP contribution in [0.2, 0.25) is 0 Å². The summed E-state index contributed by atoms with van der Waals surface area (Å²) in [5.41, 5.74) is 0. The molecule has 0 saturated carbocycles. The average molecular weight is 230 g/mol. The molecule has 0 rings (SSSR count). The van der Waals surface area contributed by atoms with Crippen molar-refractivity contribution in [3.63, 3.8) is 0 Å². The average Bonchev–Trinajstić information content (AvgIpc) is 2.24. The van der Waals surface area contributed by atoms with Crippen LogP contribution in [0, 0.1) is 0 Å². The molecule has 0 aliphatic carbocycles. The van der Waals surface area contributed by atoms with Crippen molar-refractivity contribution < 1.29 is 14.0 Å². The monoisotopic (exact) mass is 230 g/mol. The van der Waals surface area contributed by atoms with Gasteiger partial charge < -0.3 is 9.22 Å². The van der Waals surface area contributed by atoms with Gasteiger partial charge in [-0.2, -0.15) is 0 Å². The van der Waals surface area contributed by atoms with Crippen LogP contribution in [0.5, 0.6) is 0 Å². The van der Waals surface area contributed by atoms with Gasteiger partial charge in [-0.25, -0.2) is 0 Å². The Hall–Kier alpha value is -0.410. The van der Waals surface area contributed by atoms with Crippen LogP contribution in [0.4, 0.5) is 0 Å². The minimum absolute atomic E-state index is 0.298. The molecule has 0 radical (unpaired) electrons. The first-order chi connectivity index (χ1) is 7.60. The van der Waals surface area contributed by atoms with Crippen LogP contribution in [0.3, 0.4) is 0 Å².